The highest BCUT2D eigenvalue weighted by Crippen LogP contribution is 2.45. The largest absolute Gasteiger partial charge is 0.465 e. The molecule has 2 rings (SSSR count). The number of para-hydroxylation sites is 1. The summed E-state index contributed by atoms with van der Waals surface area (Å²) in [5.74, 6) is -0.845. The summed E-state index contributed by atoms with van der Waals surface area (Å²) in [6, 6.07) is 5.15. The Kier molecular flexibility index (Phi) is 3.43. The normalized spacial score (nSPS) is 21.7. The van der Waals surface area contributed by atoms with Crippen LogP contribution in [0.4, 0.5) is 4.39 Å². The molecule has 3 nitrogen and oxygen atoms in total. The SMILES string of the molecule is CCOC(=O)C1(C)C(F)=COc2c(Br)cccc21. The van der Waals surface area contributed by atoms with E-state index in [9.17, 15) is 9.18 Å². The predicted molar refractivity (Wildman–Crippen MR) is 67.9 cm³/mol. The van der Waals surface area contributed by atoms with E-state index in [1.54, 1.807) is 25.1 Å². The van der Waals surface area contributed by atoms with Gasteiger partial charge in [-0.2, -0.15) is 0 Å². The van der Waals surface area contributed by atoms with E-state index in [2.05, 4.69) is 15.9 Å². The zero-order valence-electron chi connectivity index (χ0n) is 10.00. The Morgan fingerprint density at radius 2 is 2.28 bits per heavy atom. The summed E-state index contributed by atoms with van der Waals surface area (Å²) >= 11 is 3.31. The van der Waals surface area contributed by atoms with Crippen molar-refractivity contribution in [1.82, 2.24) is 0 Å². The van der Waals surface area contributed by atoms with E-state index in [-0.39, 0.29) is 6.61 Å². The number of carbonyl (C=O) groups excluding carboxylic acids is 1. The lowest BCUT2D eigenvalue weighted by Gasteiger charge is -2.30. The van der Waals surface area contributed by atoms with Crippen LogP contribution in [-0.2, 0) is 14.9 Å². The van der Waals surface area contributed by atoms with Crippen LogP contribution in [0.5, 0.6) is 5.75 Å². The van der Waals surface area contributed by atoms with Gasteiger partial charge in [-0.3, -0.25) is 4.79 Å². The number of rotatable bonds is 2. The highest BCUT2D eigenvalue weighted by molar-refractivity contribution is 9.10. The van der Waals surface area contributed by atoms with Crippen molar-refractivity contribution in [1.29, 1.82) is 0 Å². The van der Waals surface area contributed by atoms with Crippen LogP contribution in [0.25, 0.3) is 0 Å². The molecule has 0 saturated heterocycles. The van der Waals surface area contributed by atoms with Gasteiger partial charge in [0.2, 0.25) is 0 Å². The fourth-order valence-electron chi connectivity index (χ4n) is 1.86. The first-order valence-electron chi connectivity index (χ1n) is 5.50. The summed E-state index contributed by atoms with van der Waals surface area (Å²) in [4.78, 5) is 12.0. The lowest BCUT2D eigenvalue weighted by Crippen LogP contribution is -2.37. The van der Waals surface area contributed by atoms with Gasteiger partial charge >= 0.3 is 5.97 Å². The molecular weight excluding hydrogens is 303 g/mol. The quantitative estimate of drug-likeness (QED) is 0.784. The lowest BCUT2D eigenvalue weighted by molar-refractivity contribution is -0.148. The molecule has 1 aliphatic rings. The van der Waals surface area contributed by atoms with Crippen molar-refractivity contribution in [2.75, 3.05) is 6.61 Å². The molecule has 96 valence electrons. The maximum absolute atomic E-state index is 14.0. The molecule has 0 saturated carbocycles. The highest BCUT2D eigenvalue weighted by atomic mass is 79.9. The first kappa shape index (κ1) is 13.1. The van der Waals surface area contributed by atoms with Crippen LogP contribution in [0.3, 0.4) is 0 Å². The first-order chi connectivity index (χ1) is 8.51. The van der Waals surface area contributed by atoms with Crippen molar-refractivity contribution in [3.05, 3.63) is 40.3 Å². The third kappa shape index (κ3) is 1.82. The van der Waals surface area contributed by atoms with Crippen LogP contribution in [0, 0.1) is 0 Å². The van der Waals surface area contributed by atoms with Gasteiger partial charge in [0.15, 0.2) is 5.83 Å². The molecule has 1 aromatic carbocycles. The van der Waals surface area contributed by atoms with Gasteiger partial charge < -0.3 is 9.47 Å². The van der Waals surface area contributed by atoms with Crippen LogP contribution < -0.4 is 4.74 Å². The third-order valence-corrected chi connectivity index (χ3v) is 3.57. The number of ether oxygens (including phenoxy) is 2. The zero-order chi connectivity index (χ0) is 13.3. The molecule has 0 aliphatic carbocycles. The second-order valence-corrected chi connectivity index (χ2v) is 4.90. The molecular formula is C13H12BrFO3. The number of hydrogen-bond acceptors (Lipinski definition) is 3. The van der Waals surface area contributed by atoms with E-state index in [4.69, 9.17) is 9.47 Å². The van der Waals surface area contributed by atoms with Crippen molar-refractivity contribution in [3.63, 3.8) is 0 Å². The monoisotopic (exact) mass is 314 g/mol. The van der Waals surface area contributed by atoms with E-state index in [0.717, 1.165) is 6.26 Å². The molecule has 0 aromatic heterocycles. The average Bonchev–Trinajstić information content (AvgIpc) is 2.35. The van der Waals surface area contributed by atoms with E-state index in [1.165, 1.54) is 6.92 Å². The number of fused-ring (bicyclic) bond motifs is 1. The fraction of sp³-hybridized carbons (Fsp3) is 0.308. The first-order valence-corrected chi connectivity index (χ1v) is 6.30. The minimum absolute atomic E-state index is 0.200. The lowest BCUT2D eigenvalue weighted by atomic mass is 9.80. The minimum Gasteiger partial charge on any atom is -0.465 e. The maximum Gasteiger partial charge on any atom is 0.323 e. The Bertz CT molecular complexity index is 527. The van der Waals surface area contributed by atoms with E-state index >= 15 is 0 Å². The Labute approximate surface area is 113 Å². The Balaban J connectivity index is 2.59. The summed E-state index contributed by atoms with van der Waals surface area (Å²) in [6.45, 7) is 3.38. The van der Waals surface area contributed by atoms with Crippen molar-refractivity contribution in [2.24, 2.45) is 0 Å². The Hall–Kier alpha value is -1.36. The molecule has 18 heavy (non-hydrogen) atoms. The second-order valence-electron chi connectivity index (χ2n) is 4.05. The standard InChI is InChI=1S/C13H12BrFO3/c1-3-17-12(16)13(2)8-5-4-6-9(14)11(8)18-7-10(13)15/h4-7H,3H2,1-2H3. The highest BCUT2D eigenvalue weighted by Gasteiger charge is 2.46. The van der Waals surface area contributed by atoms with Gasteiger partial charge in [0.05, 0.1) is 11.1 Å². The molecule has 1 atom stereocenters. The summed E-state index contributed by atoms with van der Waals surface area (Å²) in [5, 5.41) is 0. The van der Waals surface area contributed by atoms with Crippen LogP contribution in [0.2, 0.25) is 0 Å². The zero-order valence-corrected chi connectivity index (χ0v) is 11.6. The third-order valence-electron chi connectivity index (χ3n) is 2.95. The van der Waals surface area contributed by atoms with Crippen LogP contribution in [0.1, 0.15) is 19.4 Å². The van der Waals surface area contributed by atoms with Gasteiger partial charge in [-0.05, 0) is 35.8 Å². The summed E-state index contributed by atoms with van der Waals surface area (Å²) in [5.41, 5.74) is -0.997. The molecule has 0 bridgehead atoms. The predicted octanol–water partition coefficient (Wildman–Crippen LogP) is 3.47. The number of hydrogen-bond donors (Lipinski definition) is 0. The van der Waals surface area contributed by atoms with Gasteiger partial charge in [0, 0.05) is 5.56 Å². The van der Waals surface area contributed by atoms with Crippen LogP contribution in [0.15, 0.2) is 34.8 Å². The Morgan fingerprint density at radius 3 is 2.94 bits per heavy atom. The molecule has 1 aromatic rings. The molecule has 1 aliphatic heterocycles. The molecule has 1 unspecified atom stereocenters. The molecule has 0 N–H and O–H groups in total. The van der Waals surface area contributed by atoms with Gasteiger partial charge in [-0.15, -0.1) is 0 Å². The van der Waals surface area contributed by atoms with Gasteiger partial charge in [-0.1, -0.05) is 12.1 Å². The molecule has 0 fully saturated rings. The van der Waals surface area contributed by atoms with Gasteiger partial charge in [-0.25, -0.2) is 4.39 Å². The fourth-order valence-corrected chi connectivity index (χ4v) is 2.32. The van der Waals surface area contributed by atoms with Gasteiger partial charge in [0.25, 0.3) is 0 Å². The molecule has 0 amide bonds. The number of halogens is 2. The molecule has 1 heterocycles. The number of benzene rings is 1. The minimum atomic E-state index is -1.45. The smallest absolute Gasteiger partial charge is 0.323 e. The summed E-state index contributed by atoms with van der Waals surface area (Å²) in [7, 11) is 0. The number of esters is 1. The average molecular weight is 315 g/mol. The summed E-state index contributed by atoms with van der Waals surface area (Å²) in [6.07, 6.45) is 0.948. The Morgan fingerprint density at radius 1 is 1.56 bits per heavy atom. The van der Waals surface area contributed by atoms with E-state index in [0.29, 0.717) is 15.8 Å². The van der Waals surface area contributed by atoms with Crippen LogP contribution >= 0.6 is 15.9 Å². The van der Waals surface area contributed by atoms with Crippen LogP contribution in [-0.4, -0.2) is 12.6 Å². The van der Waals surface area contributed by atoms with Gasteiger partial charge in [0.1, 0.15) is 17.4 Å². The van der Waals surface area contributed by atoms with Crippen molar-refractivity contribution in [2.45, 2.75) is 19.3 Å². The van der Waals surface area contributed by atoms with Crippen molar-refractivity contribution >= 4 is 21.9 Å². The molecule has 0 spiro atoms. The van der Waals surface area contributed by atoms with Crippen molar-refractivity contribution in [3.8, 4) is 5.75 Å². The second kappa shape index (κ2) is 4.72. The van der Waals surface area contributed by atoms with Crippen molar-refractivity contribution < 1.29 is 18.7 Å². The van der Waals surface area contributed by atoms with E-state index < -0.39 is 17.2 Å². The number of carbonyl (C=O) groups is 1. The maximum atomic E-state index is 14.0. The molecule has 5 heteroatoms. The van der Waals surface area contributed by atoms with E-state index in [1.807, 2.05) is 0 Å². The topological polar surface area (TPSA) is 35.5 Å². The molecule has 0 radical (unpaired) electrons. The summed E-state index contributed by atoms with van der Waals surface area (Å²) < 4.78 is 24.9.